The lowest BCUT2D eigenvalue weighted by Crippen LogP contribution is -2.30. The number of hydrogen-bond donors (Lipinski definition) is 2. The lowest BCUT2D eigenvalue weighted by atomic mass is 10.0. The van der Waals surface area contributed by atoms with E-state index in [4.69, 9.17) is 9.26 Å². The molecule has 1 amide bonds. The Morgan fingerprint density at radius 1 is 1.19 bits per heavy atom. The number of ether oxygens (including phenoxy) is 1. The second kappa shape index (κ2) is 6.95. The molecule has 0 unspecified atom stereocenters. The van der Waals surface area contributed by atoms with E-state index in [1.165, 1.54) is 0 Å². The predicted octanol–water partition coefficient (Wildman–Crippen LogP) is 3.39. The summed E-state index contributed by atoms with van der Waals surface area (Å²) in [4.78, 5) is 20.5. The number of aromatic amines is 1. The quantitative estimate of drug-likeness (QED) is 0.568. The molecule has 0 spiro atoms. The first-order valence-electron chi connectivity index (χ1n) is 8.47. The van der Waals surface area contributed by atoms with Gasteiger partial charge in [0.15, 0.2) is 5.82 Å². The predicted molar refractivity (Wildman–Crippen MR) is 99.6 cm³/mol. The Labute approximate surface area is 155 Å². The molecule has 0 radical (unpaired) electrons. The van der Waals surface area contributed by atoms with Gasteiger partial charge in [-0.25, -0.2) is 0 Å². The number of rotatable bonds is 5. The number of aryl methyl sites for hydroxylation is 1. The summed E-state index contributed by atoms with van der Waals surface area (Å²) >= 11 is 0. The van der Waals surface area contributed by atoms with Crippen molar-refractivity contribution >= 4 is 16.8 Å². The maximum Gasteiger partial charge on any atom is 0.254 e. The molecule has 2 aromatic carbocycles. The zero-order valence-corrected chi connectivity index (χ0v) is 14.9. The van der Waals surface area contributed by atoms with Gasteiger partial charge in [0.05, 0.1) is 18.2 Å². The summed E-state index contributed by atoms with van der Waals surface area (Å²) in [5.41, 5.74) is 2.06. The largest absolute Gasteiger partial charge is 0.496 e. The molecule has 136 valence electrons. The molecule has 0 aliphatic heterocycles. The second-order valence-electron chi connectivity index (χ2n) is 6.07. The molecule has 0 aliphatic carbocycles. The van der Waals surface area contributed by atoms with Gasteiger partial charge in [-0.05, 0) is 18.2 Å². The standard InChI is InChI=1S/C20H18N4O3/c1-12-22-19(24-27-12)18(14-7-3-4-9-16(14)26-2)23-20(25)15-8-5-6-13-10-11-21-17(13)15/h3-11,18,21H,1-2H3,(H,23,25)/t18-/m1/s1. The maximum atomic E-state index is 13.1. The van der Waals surface area contributed by atoms with Gasteiger partial charge in [-0.1, -0.05) is 35.5 Å². The number of aromatic nitrogens is 3. The monoisotopic (exact) mass is 362 g/mol. The third kappa shape index (κ3) is 3.15. The van der Waals surface area contributed by atoms with Crippen molar-refractivity contribution in [2.75, 3.05) is 7.11 Å². The summed E-state index contributed by atoms with van der Waals surface area (Å²) in [6.07, 6.45) is 1.81. The van der Waals surface area contributed by atoms with Crippen molar-refractivity contribution in [1.82, 2.24) is 20.4 Å². The van der Waals surface area contributed by atoms with Gasteiger partial charge < -0.3 is 19.6 Å². The van der Waals surface area contributed by atoms with Gasteiger partial charge in [0.25, 0.3) is 5.91 Å². The molecule has 2 N–H and O–H groups in total. The van der Waals surface area contributed by atoms with E-state index in [2.05, 4.69) is 20.4 Å². The second-order valence-corrected chi connectivity index (χ2v) is 6.07. The van der Waals surface area contributed by atoms with Crippen molar-refractivity contribution in [2.45, 2.75) is 13.0 Å². The van der Waals surface area contributed by atoms with Crippen LogP contribution < -0.4 is 10.1 Å². The molecule has 0 saturated carbocycles. The zero-order valence-electron chi connectivity index (χ0n) is 14.9. The molecule has 0 fully saturated rings. The fourth-order valence-corrected chi connectivity index (χ4v) is 3.10. The summed E-state index contributed by atoms with van der Waals surface area (Å²) in [7, 11) is 1.58. The van der Waals surface area contributed by atoms with Gasteiger partial charge >= 0.3 is 0 Å². The van der Waals surface area contributed by atoms with Crippen molar-refractivity contribution in [3.05, 3.63) is 77.6 Å². The summed E-state index contributed by atoms with van der Waals surface area (Å²) in [6.45, 7) is 1.71. The summed E-state index contributed by atoms with van der Waals surface area (Å²) in [5, 5.41) is 7.98. The number of carbonyl (C=O) groups excluding carboxylic acids is 1. The summed E-state index contributed by atoms with van der Waals surface area (Å²) < 4.78 is 10.6. The Morgan fingerprint density at radius 3 is 2.81 bits per heavy atom. The highest BCUT2D eigenvalue weighted by Gasteiger charge is 2.26. The van der Waals surface area contributed by atoms with E-state index in [1.54, 1.807) is 20.1 Å². The molecule has 2 aromatic heterocycles. The van der Waals surface area contributed by atoms with Crippen LogP contribution in [0.3, 0.4) is 0 Å². The van der Waals surface area contributed by atoms with E-state index >= 15 is 0 Å². The fraction of sp³-hybridized carbons (Fsp3) is 0.150. The van der Waals surface area contributed by atoms with E-state index < -0.39 is 6.04 Å². The van der Waals surface area contributed by atoms with Gasteiger partial charge in [0.2, 0.25) is 5.89 Å². The number of amides is 1. The van der Waals surface area contributed by atoms with Gasteiger partial charge in [-0.2, -0.15) is 4.98 Å². The molecule has 7 nitrogen and oxygen atoms in total. The van der Waals surface area contributed by atoms with Crippen LogP contribution in [0.1, 0.15) is 33.7 Å². The zero-order chi connectivity index (χ0) is 18.8. The van der Waals surface area contributed by atoms with E-state index in [-0.39, 0.29) is 5.91 Å². The third-order valence-electron chi connectivity index (χ3n) is 4.36. The number of methoxy groups -OCH3 is 1. The molecular weight excluding hydrogens is 344 g/mol. The number of para-hydroxylation sites is 2. The minimum Gasteiger partial charge on any atom is -0.496 e. The Morgan fingerprint density at radius 2 is 2.04 bits per heavy atom. The van der Waals surface area contributed by atoms with E-state index in [0.29, 0.717) is 23.0 Å². The smallest absolute Gasteiger partial charge is 0.254 e. The molecule has 4 rings (SSSR count). The highest BCUT2D eigenvalue weighted by atomic mass is 16.5. The molecule has 1 atom stereocenters. The van der Waals surface area contributed by atoms with Gasteiger partial charge in [-0.15, -0.1) is 0 Å². The number of benzene rings is 2. The van der Waals surface area contributed by atoms with Crippen LogP contribution in [-0.2, 0) is 0 Å². The van der Waals surface area contributed by atoms with Crippen LogP contribution in [0, 0.1) is 6.92 Å². The van der Waals surface area contributed by atoms with Crippen LogP contribution in [0.2, 0.25) is 0 Å². The highest BCUT2D eigenvalue weighted by molar-refractivity contribution is 6.05. The van der Waals surface area contributed by atoms with E-state index in [0.717, 1.165) is 16.5 Å². The van der Waals surface area contributed by atoms with Crippen LogP contribution in [-0.4, -0.2) is 28.1 Å². The van der Waals surface area contributed by atoms with Crippen molar-refractivity contribution in [1.29, 1.82) is 0 Å². The minimum absolute atomic E-state index is 0.249. The third-order valence-corrected chi connectivity index (χ3v) is 4.36. The molecule has 0 saturated heterocycles. The lowest BCUT2D eigenvalue weighted by molar-refractivity contribution is 0.0942. The van der Waals surface area contributed by atoms with Crippen molar-refractivity contribution in [2.24, 2.45) is 0 Å². The number of nitrogens with one attached hydrogen (secondary N) is 2. The number of H-pyrrole nitrogens is 1. The first-order chi connectivity index (χ1) is 13.2. The fourth-order valence-electron chi connectivity index (χ4n) is 3.10. The molecular formula is C20H18N4O3. The van der Waals surface area contributed by atoms with Crippen LogP contribution in [0.25, 0.3) is 10.9 Å². The van der Waals surface area contributed by atoms with Crippen molar-refractivity contribution in [3.63, 3.8) is 0 Å². The Balaban J connectivity index is 1.75. The van der Waals surface area contributed by atoms with Gasteiger partial charge in [0.1, 0.15) is 11.8 Å². The molecule has 2 heterocycles. The van der Waals surface area contributed by atoms with Crippen LogP contribution in [0.4, 0.5) is 0 Å². The maximum absolute atomic E-state index is 13.1. The SMILES string of the molecule is COc1ccccc1[C@@H](NC(=O)c1cccc2cc[nH]c12)c1noc(C)n1. The molecule has 0 aliphatic rings. The average Bonchev–Trinajstić information content (AvgIpc) is 3.34. The first-order valence-corrected chi connectivity index (χ1v) is 8.47. The van der Waals surface area contributed by atoms with Crippen LogP contribution in [0.15, 0.2) is 59.3 Å². The molecule has 0 bridgehead atoms. The number of hydrogen-bond acceptors (Lipinski definition) is 5. The molecule has 27 heavy (non-hydrogen) atoms. The minimum atomic E-state index is -0.615. The molecule has 7 heteroatoms. The Kier molecular flexibility index (Phi) is 4.33. The molecule has 4 aromatic rings. The van der Waals surface area contributed by atoms with Gasteiger partial charge in [0, 0.05) is 24.1 Å². The van der Waals surface area contributed by atoms with Crippen molar-refractivity contribution in [3.8, 4) is 5.75 Å². The van der Waals surface area contributed by atoms with Crippen LogP contribution >= 0.6 is 0 Å². The Hall–Kier alpha value is -3.61. The van der Waals surface area contributed by atoms with Crippen LogP contribution in [0.5, 0.6) is 5.75 Å². The topological polar surface area (TPSA) is 93.0 Å². The highest BCUT2D eigenvalue weighted by Crippen LogP contribution is 2.29. The van der Waals surface area contributed by atoms with Gasteiger partial charge in [-0.3, -0.25) is 4.79 Å². The summed E-state index contributed by atoms with van der Waals surface area (Å²) in [6, 6.07) is 14.3. The first kappa shape index (κ1) is 16.8. The lowest BCUT2D eigenvalue weighted by Gasteiger charge is -2.18. The van der Waals surface area contributed by atoms with E-state index in [9.17, 15) is 4.79 Å². The van der Waals surface area contributed by atoms with Crippen molar-refractivity contribution < 1.29 is 14.1 Å². The normalized spacial score (nSPS) is 12.1. The van der Waals surface area contributed by atoms with E-state index in [1.807, 2.05) is 48.7 Å². The number of fused-ring (bicyclic) bond motifs is 1. The number of carbonyl (C=O) groups is 1. The average molecular weight is 362 g/mol. The summed E-state index contributed by atoms with van der Waals surface area (Å²) in [5.74, 6) is 1.17. The Bertz CT molecular complexity index is 1100. The number of nitrogens with zero attached hydrogens (tertiary/aromatic N) is 2.